The van der Waals surface area contributed by atoms with Gasteiger partial charge in [-0.1, -0.05) is 24.3 Å². The maximum atomic E-state index is 11.5. The van der Waals surface area contributed by atoms with Crippen LogP contribution >= 0.6 is 0 Å². The van der Waals surface area contributed by atoms with Crippen molar-refractivity contribution in [1.29, 1.82) is 0 Å². The molecule has 1 amide bonds. The highest BCUT2D eigenvalue weighted by molar-refractivity contribution is 6.05. The summed E-state index contributed by atoms with van der Waals surface area (Å²) < 4.78 is 0. The van der Waals surface area contributed by atoms with Gasteiger partial charge in [-0.15, -0.1) is 0 Å². The van der Waals surface area contributed by atoms with Crippen molar-refractivity contribution in [2.75, 3.05) is 5.32 Å². The number of rotatable bonds is 4. The first-order chi connectivity index (χ1) is 7.49. The SMILES string of the molecule is C=C(CC(=O)O)C(=O)Nc1ccc(C)cc1. The molecule has 0 aromatic heterocycles. The van der Waals surface area contributed by atoms with Crippen LogP contribution in [0.15, 0.2) is 36.4 Å². The Labute approximate surface area is 93.6 Å². The van der Waals surface area contributed by atoms with E-state index in [1.165, 1.54) is 0 Å². The molecule has 1 aromatic rings. The van der Waals surface area contributed by atoms with Crippen molar-refractivity contribution in [3.63, 3.8) is 0 Å². The molecule has 4 heteroatoms. The van der Waals surface area contributed by atoms with Crippen LogP contribution < -0.4 is 5.32 Å². The zero-order chi connectivity index (χ0) is 12.1. The van der Waals surface area contributed by atoms with Gasteiger partial charge < -0.3 is 10.4 Å². The highest BCUT2D eigenvalue weighted by atomic mass is 16.4. The topological polar surface area (TPSA) is 66.4 Å². The quantitative estimate of drug-likeness (QED) is 0.761. The zero-order valence-corrected chi connectivity index (χ0v) is 8.99. The molecular weight excluding hydrogens is 206 g/mol. The molecule has 84 valence electrons. The summed E-state index contributed by atoms with van der Waals surface area (Å²) in [5.41, 5.74) is 1.75. The smallest absolute Gasteiger partial charge is 0.308 e. The molecule has 1 rings (SSSR count). The van der Waals surface area contributed by atoms with E-state index < -0.39 is 11.9 Å². The molecule has 0 atom stereocenters. The predicted molar refractivity (Wildman–Crippen MR) is 61.2 cm³/mol. The minimum absolute atomic E-state index is 0.0353. The number of carboxylic acids is 1. The number of hydrogen-bond donors (Lipinski definition) is 2. The molecule has 0 aliphatic rings. The van der Waals surface area contributed by atoms with E-state index in [0.29, 0.717) is 5.69 Å². The molecule has 0 spiro atoms. The molecule has 1 aromatic carbocycles. The van der Waals surface area contributed by atoms with E-state index >= 15 is 0 Å². The summed E-state index contributed by atoms with van der Waals surface area (Å²) in [5, 5.41) is 11.1. The van der Waals surface area contributed by atoms with Crippen LogP contribution in [-0.4, -0.2) is 17.0 Å². The fourth-order valence-corrected chi connectivity index (χ4v) is 1.12. The van der Waals surface area contributed by atoms with E-state index in [1.54, 1.807) is 12.1 Å². The van der Waals surface area contributed by atoms with Crippen LogP contribution in [0.1, 0.15) is 12.0 Å². The van der Waals surface area contributed by atoms with Crippen molar-refractivity contribution in [3.05, 3.63) is 42.0 Å². The lowest BCUT2D eigenvalue weighted by atomic mass is 10.2. The number of carbonyl (C=O) groups is 2. The number of amides is 1. The third kappa shape index (κ3) is 3.57. The fraction of sp³-hybridized carbons (Fsp3) is 0.167. The zero-order valence-electron chi connectivity index (χ0n) is 8.99. The lowest BCUT2D eigenvalue weighted by molar-refractivity contribution is -0.136. The van der Waals surface area contributed by atoms with Gasteiger partial charge in [-0.25, -0.2) is 0 Å². The third-order valence-electron chi connectivity index (χ3n) is 2.00. The first-order valence-corrected chi connectivity index (χ1v) is 4.76. The molecule has 0 heterocycles. The van der Waals surface area contributed by atoms with Gasteiger partial charge >= 0.3 is 5.97 Å². The van der Waals surface area contributed by atoms with E-state index in [9.17, 15) is 9.59 Å². The van der Waals surface area contributed by atoms with Crippen LogP contribution in [0.3, 0.4) is 0 Å². The second-order valence-corrected chi connectivity index (χ2v) is 3.49. The number of carboxylic acid groups (broad SMARTS) is 1. The van der Waals surface area contributed by atoms with E-state index in [1.807, 2.05) is 19.1 Å². The molecular formula is C12H13NO3. The van der Waals surface area contributed by atoms with E-state index in [-0.39, 0.29) is 12.0 Å². The Morgan fingerprint density at radius 1 is 1.31 bits per heavy atom. The van der Waals surface area contributed by atoms with Crippen molar-refractivity contribution in [1.82, 2.24) is 0 Å². The van der Waals surface area contributed by atoms with Gasteiger partial charge in [-0.05, 0) is 19.1 Å². The lowest BCUT2D eigenvalue weighted by Crippen LogP contribution is -2.15. The number of carbonyl (C=O) groups excluding carboxylic acids is 1. The van der Waals surface area contributed by atoms with Crippen molar-refractivity contribution < 1.29 is 14.7 Å². The first-order valence-electron chi connectivity index (χ1n) is 4.76. The molecule has 16 heavy (non-hydrogen) atoms. The molecule has 2 N–H and O–H groups in total. The summed E-state index contributed by atoms with van der Waals surface area (Å²) in [6, 6.07) is 7.22. The van der Waals surface area contributed by atoms with Crippen LogP contribution in [0.25, 0.3) is 0 Å². The molecule has 0 radical (unpaired) electrons. The predicted octanol–water partition coefficient (Wildman–Crippen LogP) is 1.96. The van der Waals surface area contributed by atoms with Gasteiger partial charge in [0.25, 0.3) is 5.91 Å². The maximum absolute atomic E-state index is 11.5. The number of nitrogens with one attached hydrogen (secondary N) is 1. The van der Waals surface area contributed by atoms with E-state index in [2.05, 4.69) is 11.9 Å². The molecule has 0 bridgehead atoms. The van der Waals surface area contributed by atoms with Gasteiger partial charge in [0.15, 0.2) is 0 Å². The molecule has 0 fully saturated rings. The Morgan fingerprint density at radius 3 is 2.38 bits per heavy atom. The van der Waals surface area contributed by atoms with Crippen molar-refractivity contribution >= 4 is 17.6 Å². The summed E-state index contributed by atoms with van der Waals surface area (Å²) in [6.45, 7) is 5.36. The minimum atomic E-state index is -1.07. The van der Waals surface area contributed by atoms with Gasteiger partial charge in [0, 0.05) is 11.3 Å². The highest BCUT2D eigenvalue weighted by Gasteiger charge is 2.10. The normalized spacial score (nSPS) is 9.56. The minimum Gasteiger partial charge on any atom is -0.481 e. The van der Waals surface area contributed by atoms with Crippen molar-refractivity contribution in [2.45, 2.75) is 13.3 Å². The molecule has 0 unspecified atom stereocenters. The van der Waals surface area contributed by atoms with Crippen molar-refractivity contribution in [2.24, 2.45) is 0 Å². The van der Waals surface area contributed by atoms with Gasteiger partial charge in [-0.3, -0.25) is 9.59 Å². The average Bonchev–Trinajstić information content (AvgIpc) is 2.20. The monoisotopic (exact) mass is 219 g/mol. The van der Waals surface area contributed by atoms with Gasteiger partial charge in [0.1, 0.15) is 0 Å². The number of aliphatic carboxylic acids is 1. The van der Waals surface area contributed by atoms with Crippen LogP contribution in [0.4, 0.5) is 5.69 Å². The Morgan fingerprint density at radius 2 is 1.88 bits per heavy atom. The van der Waals surface area contributed by atoms with Gasteiger partial charge in [0.2, 0.25) is 0 Å². The number of anilines is 1. The van der Waals surface area contributed by atoms with Crippen LogP contribution in [-0.2, 0) is 9.59 Å². The molecule has 0 aliphatic carbocycles. The Kier molecular flexibility index (Phi) is 3.83. The molecule has 4 nitrogen and oxygen atoms in total. The lowest BCUT2D eigenvalue weighted by Gasteiger charge is -2.06. The Balaban J connectivity index is 2.61. The summed E-state index contributed by atoms with van der Waals surface area (Å²) in [4.78, 5) is 21.8. The summed E-state index contributed by atoms with van der Waals surface area (Å²) in [6.07, 6.45) is -0.350. The van der Waals surface area contributed by atoms with Crippen molar-refractivity contribution in [3.8, 4) is 0 Å². The fourth-order valence-electron chi connectivity index (χ4n) is 1.12. The summed E-state index contributed by atoms with van der Waals surface area (Å²) >= 11 is 0. The number of hydrogen-bond acceptors (Lipinski definition) is 2. The maximum Gasteiger partial charge on any atom is 0.308 e. The van der Waals surface area contributed by atoms with Crippen LogP contribution in [0.5, 0.6) is 0 Å². The summed E-state index contributed by atoms with van der Waals surface area (Å²) in [7, 11) is 0. The Bertz CT molecular complexity index is 420. The van der Waals surface area contributed by atoms with Gasteiger partial charge in [-0.2, -0.15) is 0 Å². The molecule has 0 saturated heterocycles. The first kappa shape index (κ1) is 12.0. The molecule has 0 aliphatic heterocycles. The van der Waals surface area contributed by atoms with Crippen LogP contribution in [0.2, 0.25) is 0 Å². The second-order valence-electron chi connectivity index (χ2n) is 3.49. The second kappa shape index (κ2) is 5.11. The standard InChI is InChI=1S/C12H13NO3/c1-8-3-5-10(6-4-8)13-12(16)9(2)7-11(14)15/h3-6H,2,7H2,1H3,(H,13,16)(H,14,15). The van der Waals surface area contributed by atoms with Gasteiger partial charge in [0.05, 0.1) is 6.42 Å². The highest BCUT2D eigenvalue weighted by Crippen LogP contribution is 2.10. The average molecular weight is 219 g/mol. The third-order valence-corrected chi connectivity index (χ3v) is 2.00. The molecule has 0 saturated carbocycles. The van der Waals surface area contributed by atoms with Crippen LogP contribution in [0, 0.1) is 6.92 Å². The largest absolute Gasteiger partial charge is 0.481 e. The van der Waals surface area contributed by atoms with E-state index in [4.69, 9.17) is 5.11 Å². The van der Waals surface area contributed by atoms with E-state index in [0.717, 1.165) is 5.56 Å². The number of benzene rings is 1. The summed E-state index contributed by atoms with van der Waals surface area (Å²) in [5.74, 6) is -1.53. The Hall–Kier alpha value is -2.10. The number of aryl methyl sites for hydroxylation is 1.